The molecule has 22 rings (SSSR count). The van der Waals surface area contributed by atoms with Gasteiger partial charge in [-0.05, 0) is 204 Å². The van der Waals surface area contributed by atoms with Gasteiger partial charge in [0.15, 0.2) is 0 Å². The zero-order valence-corrected chi connectivity index (χ0v) is 61.4. The van der Waals surface area contributed by atoms with E-state index in [1.54, 1.807) is 0 Å². The summed E-state index contributed by atoms with van der Waals surface area (Å²) in [7, 11) is 0. The molecule has 4 nitrogen and oxygen atoms in total. The maximum atomic E-state index is 2.44. The second-order valence-electron chi connectivity index (χ2n) is 29.1. The summed E-state index contributed by atoms with van der Waals surface area (Å²) in [4.78, 5) is 0. The molecule has 0 saturated carbocycles. The lowest BCUT2D eigenvalue weighted by molar-refractivity contribution is 1.18. The van der Waals surface area contributed by atoms with Gasteiger partial charge >= 0.3 is 0 Å². The van der Waals surface area contributed by atoms with E-state index in [1.807, 2.05) is 0 Å². The first-order valence-electron chi connectivity index (χ1n) is 38.5. The number of aromatic nitrogens is 4. The number of nitrogens with zero attached hydrogens (tertiary/aromatic N) is 4. The van der Waals surface area contributed by atoms with Crippen LogP contribution in [0.2, 0.25) is 0 Å². The van der Waals surface area contributed by atoms with Crippen molar-refractivity contribution in [3.63, 3.8) is 0 Å². The van der Waals surface area contributed by atoms with Gasteiger partial charge in [-0.3, -0.25) is 0 Å². The number of hydrogen-bond donors (Lipinski definition) is 0. The molecule has 112 heavy (non-hydrogen) atoms. The number of fused-ring (bicyclic) bond motifs is 12. The highest BCUT2D eigenvalue weighted by Gasteiger charge is 2.23. The van der Waals surface area contributed by atoms with Crippen molar-refractivity contribution in [2.24, 2.45) is 0 Å². The van der Waals surface area contributed by atoms with Crippen LogP contribution >= 0.6 is 0 Å². The topological polar surface area (TPSA) is 19.7 Å². The zero-order chi connectivity index (χ0) is 74.0. The van der Waals surface area contributed by atoms with Gasteiger partial charge in [-0.15, -0.1) is 0 Å². The minimum Gasteiger partial charge on any atom is -0.309 e. The summed E-state index contributed by atoms with van der Waals surface area (Å²) in [5.74, 6) is 0. The Morgan fingerprint density at radius 3 is 0.804 bits per heavy atom. The number of benzene rings is 18. The van der Waals surface area contributed by atoms with E-state index in [9.17, 15) is 0 Å². The molecule has 0 N–H and O–H groups in total. The van der Waals surface area contributed by atoms with Gasteiger partial charge in [0.2, 0.25) is 0 Å². The van der Waals surface area contributed by atoms with E-state index in [1.165, 1.54) is 176 Å². The van der Waals surface area contributed by atoms with Gasteiger partial charge in [0.25, 0.3) is 0 Å². The Kier molecular flexibility index (Phi) is 16.2. The summed E-state index contributed by atoms with van der Waals surface area (Å²) >= 11 is 0. The average molecular weight is 1430 g/mol. The lowest BCUT2D eigenvalue weighted by Gasteiger charge is -2.14. The Balaban J connectivity index is 0.000000141. The molecular weight excluding hydrogens is 1350 g/mol. The minimum absolute atomic E-state index is 1.15. The molecule has 0 unspecified atom stereocenters. The van der Waals surface area contributed by atoms with Crippen LogP contribution < -0.4 is 0 Å². The van der Waals surface area contributed by atoms with Gasteiger partial charge in [-0.1, -0.05) is 322 Å². The molecule has 0 aliphatic rings. The minimum atomic E-state index is 1.15. The highest BCUT2D eigenvalue weighted by Crippen LogP contribution is 2.46. The molecule has 22 aromatic rings. The number of rotatable bonds is 12. The van der Waals surface area contributed by atoms with Crippen molar-refractivity contribution in [3.8, 4) is 112 Å². The van der Waals surface area contributed by atoms with Gasteiger partial charge < -0.3 is 18.3 Å². The smallest absolute Gasteiger partial charge is 0.0547 e. The third-order valence-corrected chi connectivity index (χ3v) is 22.6. The summed E-state index contributed by atoms with van der Waals surface area (Å²) in [6.07, 6.45) is 0. The molecule has 4 heterocycles. The highest BCUT2D eigenvalue weighted by atomic mass is 15.0. The molecule has 524 valence electrons. The Labute approximate surface area is 649 Å². The van der Waals surface area contributed by atoms with Crippen LogP contribution in [0.3, 0.4) is 0 Å². The van der Waals surface area contributed by atoms with Gasteiger partial charge in [0.1, 0.15) is 0 Å². The molecule has 0 aliphatic carbocycles. The molecule has 0 amide bonds. The maximum absolute atomic E-state index is 2.44. The molecular formula is C108H72N4. The summed E-state index contributed by atoms with van der Waals surface area (Å²) in [6.45, 7) is 0. The molecule has 18 aromatic carbocycles. The first-order valence-corrected chi connectivity index (χ1v) is 38.5. The van der Waals surface area contributed by atoms with Gasteiger partial charge in [-0.25, -0.2) is 0 Å². The molecule has 0 bridgehead atoms. The average Bonchev–Trinajstić information content (AvgIpc) is 1.58. The molecule has 0 radical (unpaired) electrons. The van der Waals surface area contributed by atoms with E-state index in [2.05, 4.69) is 455 Å². The van der Waals surface area contributed by atoms with E-state index < -0.39 is 0 Å². The van der Waals surface area contributed by atoms with Gasteiger partial charge in [0.05, 0.1) is 44.1 Å². The van der Waals surface area contributed by atoms with Crippen LogP contribution in [-0.4, -0.2) is 18.3 Å². The highest BCUT2D eigenvalue weighted by molar-refractivity contribution is 6.19. The first-order chi connectivity index (χ1) is 55.6. The predicted molar refractivity (Wildman–Crippen MR) is 474 cm³/mol. The van der Waals surface area contributed by atoms with Crippen LogP contribution in [0.5, 0.6) is 0 Å². The normalized spacial score (nSPS) is 11.6. The largest absolute Gasteiger partial charge is 0.309 e. The fraction of sp³-hybridized carbons (Fsp3) is 0. The van der Waals surface area contributed by atoms with Crippen LogP contribution in [0, 0.1) is 0 Å². The van der Waals surface area contributed by atoms with E-state index in [0.717, 1.165) is 22.7 Å². The van der Waals surface area contributed by atoms with Crippen molar-refractivity contribution < 1.29 is 0 Å². The lowest BCUT2D eigenvalue weighted by Crippen LogP contribution is -1.96. The fourth-order valence-corrected chi connectivity index (χ4v) is 17.6. The molecule has 0 spiro atoms. The SMILES string of the molecule is c1ccc(-c2cc(-c3ccccc3)cc(-n3c4ccccc4c4cc(-c5cccc6c5c5ccccc5n6-c5cccc(-c6ccccc6)c5)ccc43)c2)cc1.c1ccc(-c2cccc(-n3c4ccccc4c4c(-c5ccc6c(c5)c5ccccc5n6-c5cccc(-c6ccccc6-c6ccccc6)c5)cccc43)c2)cc1. The van der Waals surface area contributed by atoms with Crippen molar-refractivity contribution >= 4 is 87.2 Å². The maximum Gasteiger partial charge on any atom is 0.0547 e. The Hall–Kier alpha value is -14.8. The second-order valence-corrected chi connectivity index (χ2v) is 29.1. The number of hydrogen-bond acceptors (Lipinski definition) is 0. The zero-order valence-electron chi connectivity index (χ0n) is 61.4. The quantitative estimate of drug-likeness (QED) is 0.116. The molecule has 0 fully saturated rings. The third-order valence-electron chi connectivity index (χ3n) is 22.6. The van der Waals surface area contributed by atoms with Crippen molar-refractivity contribution in [3.05, 3.63) is 437 Å². The van der Waals surface area contributed by atoms with Crippen LogP contribution in [-0.2, 0) is 0 Å². The van der Waals surface area contributed by atoms with Crippen LogP contribution in [0.25, 0.3) is 199 Å². The Morgan fingerprint density at radius 2 is 0.375 bits per heavy atom. The molecule has 0 atom stereocenters. The van der Waals surface area contributed by atoms with E-state index in [4.69, 9.17) is 0 Å². The van der Waals surface area contributed by atoms with Crippen LogP contribution in [0.4, 0.5) is 0 Å². The lowest BCUT2D eigenvalue weighted by atomic mass is 9.94. The standard InChI is InChI=1S/2C54H36N2/c1-4-16-37(17-5-1)40-22-14-23-44(33-40)55-51-28-13-11-25-48(51)54-46(26-15-29-53(54)55)41-30-31-52-49(36-41)47-24-10-12-27-50(47)56(52)45-34-42(38-18-6-2-7-19-38)32-43(35-45)39-20-8-3-9-21-39;1-3-16-37(17-4-1)39-20-13-22-42(34-39)56-51-30-12-10-27-48(51)54-46(28-15-31-53(54)56)41-32-33-52-49(36-41)47-26-9-11-29-50(47)55(52)43-23-14-21-40(35-43)45-25-8-7-24-44(45)38-18-5-2-6-19-38/h2*1-36H. The summed E-state index contributed by atoms with van der Waals surface area (Å²) in [5, 5.41) is 9.98. The van der Waals surface area contributed by atoms with Crippen molar-refractivity contribution in [1.29, 1.82) is 0 Å². The fourth-order valence-electron chi connectivity index (χ4n) is 17.6. The second kappa shape index (κ2) is 27.7. The van der Waals surface area contributed by atoms with E-state index in [-0.39, 0.29) is 0 Å². The van der Waals surface area contributed by atoms with Crippen molar-refractivity contribution in [2.45, 2.75) is 0 Å². The van der Waals surface area contributed by atoms with Crippen molar-refractivity contribution in [1.82, 2.24) is 18.3 Å². The summed E-state index contributed by atoms with van der Waals surface area (Å²) in [6, 6.07) is 159. The van der Waals surface area contributed by atoms with Crippen molar-refractivity contribution in [2.75, 3.05) is 0 Å². The Bertz CT molecular complexity index is 7290. The molecule has 4 heteroatoms. The summed E-state index contributed by atoms with van der Waals surface area (Å²) < 4.78 is 9.72. The van der Waals surface area contributed by atoms with E-state index >= 15 is 0 Å². The number of para-hydroxylation sites is 4. The van der Waals surface area contributed by atoms with E-state index in [0.29, 0.717) is 0 Å². The first kappa shape index (κ1) is 65.5. The Morgan fingerprint density at radius 1 is 0.116 bits per heavy atom. The van der Waals surface area contributed by atoms with Crippen LogP contribution in [0.15, 0.2) is 437 Å². The van der Waals surface area contributed by atoms with Crippen LogP contribution in [0.1, 0.15) is 0 Å². The molecule has 4 aromatic heterocycles. The summed E-state index contributed by atoms with van der Waals surface area (Å²) in [5.41, 5.74) is 33.5. The molecule has 0 saturated heterocycles. The molecule has 0 aliphatic heterocycles. The third kappa shape index (κ3) is 11.4. The van der Waals surface area contributed by atoms with Gasteiger partial charge in [-0.2, -0.15) is 0 Å². The predicted octanol–water partition coefficient (Wildman–Crippen LogP) is 29.1. The van der Waals surface area contributed by atoms with Gasteiger partial charge in [0, 0.05) is 65.8 Å². The monoisotopic (exact) mass is 1420 g/mol.